The first-order valence-electron chi connectivity index (χ1n) is 7.25. The van der Waals surface area contributed by atoms with Crippen molar-refractivity contribution in [2.24, 2.45) is 0 Å². The molecule has 1 aliphatic heterocycles. The SMILES string of the molecule is Cc1[nH]ncc1CNCC1CCN(C)c2ccccc21. The van der Waals surface area contributed by atoms with Crippen LogP contribution in [0.3, 0.4) is 0 Å². The molecule has 4 heteroatoms. The van der Waals surface area contributed by atoms with Crippen LogP contribution in [-0.2, 0) is 6.54 Å². The second kappa shape index (κ2) is 5.67. The molecule has 3 rings (SSSR count). The predicted octanol–water partition coefficient (Wildman–Crippen LogP) is 2.43. The summed E-state index contributed by atoms with van der Waals surface area (Å²) in [5.41, 5.74) is 5.26. The molecule has 0 saturated carbocycles. The second-order valence-electron chi connectivity index (χ2n) is 5.62. The van der Waals surface area contributed by atoms with Crippen molar-refractivity contribution >= 4 is 5.69 Å². The van der Waals surface area contributed by atoms with Gasteiger partial charge in [0.25, 0.3) is 0 Å². The number of aryl methyl sites for hydroxylation is 1. The normalized spacial score (nSPS) is 18.1. The average molecular weight is 270 g/mol. The van der Waals surface area contributed by atoms with Crippen molar-refractivity contribution < 1.29 is 0 Å². The zero-order chi connectivity index (χ0) is 13.9. The summed E-state index contributed by atoms with van der Waals surface area (Å²) in [7, 11) is 2.18. The standard InChI is InChI=1S/C16H22N4/c1-12-14(11-18-19-12)10-17-9-13-7-8-20(2)16-6-4-3-5-15(13)16/h3-6,11,13,17H,7-10H2,1-2H3,(H,18,19). The monoisotopic (exact) mass is 270 g/mol. The first kappa shape index (κ1) is 13.2. The van der Waals surface area contributed by atoms with Crippen LogP contribution < -0.4 is 10.2 Å². The summed E-state index contributed by atoms with van der Waals surface area (Å²) in [5.74, 6) is 0.606. The van der Waals surface area contributed by atoms with Gasteiger partial charge in [0.1, 0.15) is 0 Å². The molecule has 1 aliphatic rings. The first-order valence-corrected chi connectivity index (χ1v) is 7.25. The maximum atomic E-state index is 4.06. The van der Waals surface area contributed by atoms with Gasteiger partial charge in [-0.05, 0) is 25.0 Å². The third-order valence-electron chi connectivity index (χ3n) is 4.24. The molecule has 1 unspecified atom stereocenters. The van der Waals surface area contributed by atoms with E-state index in [1.54, 1.807) is 0 Å². The van der Waals surface area contributed by atoms with Crippen LogP contribution in [0.5, 0.6) is 0 Å². The summed E-state index contributed by atoms with van der Waals surface area (Å²) < 4.78 is 0. The van der Waals surface area contributed by atoms with Gasteiger partial charge in [-0.15, -0.1) is 0 Å². The maximum absolute atomic E-state index is 4.06. The third-order valence-corrected chi connectivity index (χ3v) is 4.24. The van der Waals surface area contributed by atoms with Crippen molar-refractivity contribution in [1.29, 1.82) is 0 Å². The lowest BCUT2D eigenvalue weighted by molar-refractivity contribution is 0.533. The van der Waals surface area contributed by atoms with Gasteiger partial charge in [0.15, 0.2) is 0 Å². The van der Waals surface area contributed by atoms with Gasteiger partial charge in [0.05, 0.1) is 6.20 Å². The Morgan fingerprint density at radius 2 is 2.25 bits per heavy atom. The van der Waals surface area contributed by atoms with Crippen LogP contribution in [0.4, 0.5) is 5.69 Å². The molecule has 106 valence electrons. The fourth-order valence-corrected chi connectivity index (χ4v) is 2.95. The van der Waals surface area contributed by atoms with Gasteiger partial charge in [0.2, 0.25) is 0 Å². The van der Waals surface area contributed by atoms with Gasteiger partial charge in [-0.2, -0.15) is 5.10 Å². The van der Waals surface area contributed by atoms with Crippen molar-refractivity contribution in [2.45, 2.75) is 25.8 Å². The summed E-state index contributed by atoms with van der Waals surface area (Å²) in [6.45, 7) is 5.11. The zero-order valence-corrected chi connectivity index (χ0v) is 12.2. The lowest BCUT2D eigenvalue weighted by atomic mass is 9.90. The molecule has 4 nitrogen and oxygen atoms in total. The van der Waals surface area contributed by atoms with E-state index in [2.05, 4.69) is 58.7 Å². The second-order valence-corrected chi connectivity index (χ2v) is 5.62. The van der Waals surface area contributed by atoms with Crippen molar-refractivity contribution in [1.82, 2.24) is 15.5 Å². The molecule has 0 fully saturated rings. The molecule has 0 aliphatic carbocycles. The Labute approximate surface area is 120 Å². The predicted molar refractivity (Wildman–Crippen MR) is 82.1 cm³/mol. The minimum atomic E-state index is 0.606. The molecule has 0 radical (unpaired) electrons. The number of benzene rings is 1. The van der Waals surface area contributed by atoms with Gasteiger partial charge in [-0.3, -0.25) is 5.10 Å². The Morgan fingerprint density at radius 1 is 1.40 bits per heavy atom. The molecule has 0 spiro atoms. The van der Waals surface area contributed by atoms with E-state index in [1.807, 2.05) is 6.20 Å². The van der Waals surface area contributed by atoms with E-state index in [-0.39, 0.29) is 0 Å². The van der Waals surface area contributed by atoms with Gasteiger partial charge in [-0.25, -0.2) is 0 Å². The zero-order valence-electron chi connectivity index (χ0n) is 12.2. The van der Waals surface area contributed by atoms with Crippen LogP contribution in [0, 0.1) is 6.92 Å². The molecule has 1 aromatic carbocycles. The lowest BCUT2D eigenvalue weighted by Gasteiger charge is -2.33. The van der Waals surface area contributed by atoms with Crippen LogP contribution in [0.25, 0.3) is 0 Å². The molecule has 2 aromatic rings. The van der Waals surface area contributed by atoms with Crippen molar-refractivity contribution in [3.63, 3.8) is 0 Å². The number of hydrogen-bond donors (Lipinski definition) is 2. The molecule has 2 heterocycles. The molecule has 0 saturated heterocycles. The molecule has 0 amide bonds. The molecule has 0 bridgehead atoms. The number of rotatable bonds is 4. The Hall–Kier alpha value is -1.81. The van der Waals surface area contributed by atoms with E-state index in [1.165, 1.54) is 23.2 Å². The molecule has 1 aromatic heterocycles. The Morgan fingerprint density at radius 3 is 3.05 bits per heavy atom. The summed E-state index contributed by atoms with van der Waals surface area (Å²) in [6, 6.07) is 8.76. The highest BCUT2D eigenvalue weighted by Crippen LogP contribution is 2.33. The lowest BCUT2D eigenvalue weighted by Crippen LogP contribution is -2.31. The first-order chi connectivity index (χ1) is 9.75. The molecular weight excluding hydrogens is 248 g/mol. The van der Waals surface area contributed by atoms with E-state index >= 15 is 0 Å². The fraction of sp³-hybridized carbons (Fsp3) is 0.438. The highest BCUT2D eigenvalue weighted by Gasteiger charge is 2.22. The number of hydrogen-bond acceptors (Lipinski definition) is 3. The Balaban J connectivity index is 1.64. The van der Waals surface area contributed by atoms with Crippen molar-refractivity contribution in [2.75, 3.05) is 25.0 Å². The number of para-hydroxylation sites is 1. The maximum Gasteiger partial charge on any atom is 0.0535 e. The number of aromatic amines is 1. The van der Waals surface area contributed by atoms with Crippen LogP contribution >= 0.6 is 0 Å². The van der Waals surface area contributed by atoms with Crippen molar-refractivity contribution in [3.05, 3.63) is 47.3 Å². The molecular formula is C16H22N4. The largest absolute Gasteiger partial charge is 0.374 e. The summed E-state index contributed by atoms with van der Waals surface area (Å²) >= 11 is 0. The van der Waals surface area contributed by atoms with Crippen LogP contribution in [0.1, 0.15) is 29.2 Å². The number of H-pyrrole nitrogens is 1. The quantitative estimate of drug-likeness (QED) is 0.897. The van der Waals surface area contributed by atoms with Crippen LogP contribution in [0.2, 0.25) is 0 Å². The fourth-order valence-electron chi connectivity index (χ4n) is 2.95. The average Bonchev–Trinajstić information content (AvgIpc) is 2.87. The van der Waals surface area contributed by atoms with Gasteiger partial charge < -0.3 is 10.2 Å². The molecule has 1 atom stereocenters. The van der Waals surface area contributed by atoms with Gasteiger partial charge in [0, 0.05) is 49.5 Å². The minimum absolute atomic E-state index is 0.606. The third kappa shape index (κ3) is 2.56. The molecule has 20 heavy (non-hydrogen) atoms. The van der Waals surface area contributed by atoms with E-state index in [0.717, 1.165) is 25.3 Å². The van der Waals surface area contributed by atoms with Crippen LogP contribution in [0.15, 0.2) is 30.5 Å². The van der Waals surface area contributed by atoms with Gasteiger partial charge in [-0.1, -0.05) is 18.2 Å². The highest BCUT2D eigenvalue weighted by atomic mass is 15.1. The summed E-state index contributed by atoms with van der Waals surface area (Å²) in [5, 5.41) is 10.6. The smallest absolute Gasteiger partial charge is 0.0535 e. The van der Waals surface area contributed by atoms with Crippen LogP contribution in [-0.4, -0.2) is 30.3 Å². The van der Waals surface area contributed by atoms with E-state index < -0.39 is 0 Å². The number of fused-ring (bicyclic) bond motifs is 1. The Kier molecular flexibility index (Phi) is 3.74. The number of nitrogens with zero attached hydrogens (tertiary/aromatic N) is 2. The Bertz CT molecular complexity index is 575. The van der Waals surface area contributed by atoms with E-state index in [4.69, 9.17) is 0 Å². The molecule has 2 N–H and O–H groups in total. The number of aromatic nitrogens is 2. The van der Waals surface area contributed by atoms with Gasteiger partial charge >= 0.3 is 0 Å². The van der Waals surface area contributed by atoms with E-state index in [9.17, 15) is 0 Å². The highest BCUT2D eigenvalue weighted by molar-refractivity contribution is 5.56. The topological polar surface area (TPSA) is 44.0 Å². The summed E-state index contributed by atoms with van der Waals surface area (Å²) in [4.78, 5) is 2.35. The minimum Gasteiger partial charge on any atom is -0.374 e. The van der Waals surface area contributed by atoms with E-state index in [0.29, 0.717) is 5.92 Å². The van der Waals surface area contributed by atoms with Crippen molar-refractivity contribution in [3.8, 4) is 0 Å². The summed E-state index contributed by atoms with van der Waals surface area (Å²) in [6.07, 6.45) is 3.12. The number of anilines is 1. The number of nitrogens with one attached hydrogen (secondary N) is 2.